The quantitative estimate of drug-likeness (QED) is 0.591. The van der Waals surface area contributed by atoms with E-state index in [0.717, 1.165) is 22.0 Å². The second-order valence-electron chi connectivity index (χ2n) is 5.21. The van der Waals surface area contributed by atoms with E-state index in [0.29, 0.717) is 16.6 Å². The van der Waals surface area contributed by atoms with Gasteiger partial charge in [-0.1, -0.05) is 47.5 Å². The summed E-state index contributed by atoms with van der Waals surface area (Å²) in [6.07, 6.45) is 3.49. The smallest absolute Gasteiger partial charge is 0.130 e. The average molecular weight is 352 g/mol. The Kier molecular flexibility index (Phi) is 4.58. The predicted octanol–water partition coefficient (Wildman–Crippen LogP) is 5.43. The summed E-state index contributed by atoms with van der Waals surface area (Å²) in [5.74, 6) is 0. The SMILES string of the molecule is N#CC(C#N)=Cc1cn(Cc2c(Cl)cccc2Cl)c2ccccc12. The van der Waals surface area contributed by atoms with Crippen molar-refractivity contribution in [2.45, 2.75) is 6.54 Å². The van der Waals surface area contributed by atoms with Crippen LogP contribution < -0.4 is 0 Å². The van der Waals surface area contributed by atoms with Gasteiger partial charge in [-0.2, -0.15) is 10.5 Å². The van der Waals surface area contributed by atoms with Gasteiger partial charge in [-0.25, -0.2) is 0 Å². The summed E-state index contributed by atoms with van der Waals surface area (Å²) in [7, 11) is 0. The lowest BCUT2D eigenvalue weighted by atomic mass is 10.1. The van der Waals surface area contributed by atoms with Crippen LogP contribution in [0.15, 0.2) is 54.2 Å². The lowest BCUT2D eigenvalue weighted by Gasteiger charge is -2.09. The maximum absolute atomic E-state index is 8.99. The molecule has 3 nitrogen and oxygen atoms in total. The second-order valence-corrected chi connectivity index (χ2v) is 6.03. The minimum Gasteiger partial charge on any atom is -0.342 e. The Labute approximate surface area is 149 Å². The van der Waals surface area contributed by atoms with Gasteiger partial charge in [0.25, 0.3) is 0 Å². The molecule has 0 aliphatic heterocycles. The number of benzene rings is 2. The molecule has 0 aliphatic rings. The van der Waals surface area contributed by atoms with Gasteiger partial charge in [-0.15, -0.1) is 0 Å². The monoisotopic (exact) mass is 351 g/mol. The van der Waals surface area contributed by atoms with E-state index >= 15 is 0 Å². The van der Waals surface area contributed by atoms with Gasteiger partial charge in [0.05, 0.1) is 6.54 Å². The first-order valence-corrected chi connectivity index (χ1v) is 7.92. The Hall–Kier alpha value is -2.72. The van der Waals surface area contributed by atoms with Crippen LogP contribution in [0.4, 0.5) is 0 Å². The molecular weight excluding hydrogens is 341 g/mol. The summed E-state index contributed by atoms with van der Waals surface area (Å²) in [6, 6.07) is 17.0. The number of fused-ring (bicyclic) bond motifs is 1. The molecule has 0 atom stereocenters. The first kappa shape index (κ1) is 16.1. The van der Waals surface area contributed by atoms with Gasteiger partial charge < -0.3 is 4.57 Å². The van der Waals surface area contributed by atoms with Gasteiger partial charge in [0, 0.05) is 38.3 Å². The van der Waals surface area contributed by atoms with Gasteiger partial charge in [0.2, 0.25) is 0 Å². The van der Waals surface area contributed by atoms with Crippen LogP contribution in [0.1, 0.15) is 11.1 Å². The Morgan fingerprint density at radius 3 is 2.33 bits per heavy atom. The van der Waals surface area contributed by atoms with Crippen LogP contribution in [0.25, 0.3) is 17.0 Å². The molecule has 116 valence electrons. The summed E-state index contributed by atoms with van der Waals surface area (Å²) in [4.78, 5) is 0. The van der Waals surface area contributed by atoms with E-state index < -0.39 is 0 Å². The van der Waals surface area contributed by atoms with Crippen LogP contribution in [0, 0.1) is 22.7 Å². The first-order valence-electron chi connectivity index (χ1n) is 7.16. The molecule has 3 aromatic rings. The molecular formula is C19H11Cl2N3. The number of allylic oxidation sites excluding steroid dienone is 1. The summed E-state index contributed by atoms with van der Waals surface area (Å²) in [5.41, 5.74) is 2.69. The van der Waals surface area contributed by atoms with Crippen molar-refractivity contribution >= 4 is 40.2 Å². The summed E-state index contributed by atoms with van der Waals surface area (Å²) >= 11 is 12.5. The van der Waals surface area contributed by atoms with Crippen LogP contribution in [0.2, 0.25) is 10.0 Å². The predicted molar refractivity (Wildman–Crippen MR) is 96.7 cm³/mol. The van der Waals surface area contributed by atoms with Gasteiger partial charge >= 0.3 is 0 Å². The van der Waals surface area contributed by atoms with E-state index in [-0.39, 0.29) is 5.57 Å². The topological polar surface area (TPSA) is 52.5 Å². The molecule has 5 heteroatoms. The molecule has 2 aromatic carbocycles. The molecule has 0 fully saturated rings. The zero-order valence-corrected chi connectivity index (χ0v) is 14.0. The van der Waals surface area contributed by atoms with E-state index in [1.807, 2.05) is 53.2 Å². The molecule has 0 N–H and O–H groups in total. The summed E-state index contributed by atoms with van der Waals surface area (Å²) in [6.45, 7) is 0.501. The third-order valence-corrected chi connectivity index (χ3v) is 4.46. The molecule has 0 aliphatic carbocycles. The molecule has 0 spiro atoms. The lowest BCUT2D eigenvalue weighted by molar-refractivity contribution is 0.836. The minimum absolute atomic E-state index is 0.0636. The van der Waals surface area contributed by atoms with Crippen molar-refractivity contribution in [2.24, 2.45) is 0 Å². The zero-order chi connectivity index (χ0) is 17.1. The third kappa shape index (κ3) is 3.01. The molecule has 0 unspecified atom stereocenters. The molecule has 1 heterocycles. The molecule has 24 heavy (non-hydrogen) atoms. The lowest BCUT2D eigenvalue weighted by Crippen LogP contribution is -1.99. The van der Waals surface area contributed by atoms with Gasteiger partial charge in [0.1, 0.15) is 17.7 Å². The van der Waals surface area contributed by atoms with E-state index in [2.05, 4.69) is 0 Å². The third-order valence-electron chi connectivity index (χ3n) is 3.75. The van der Waals surface area contributed by atoms with Gasteiger partial charge in [-0.3, -0.25) is 0 Å². The molecule has 0 bridgehead atoms. The van der Waals surface area contributed by atoms with Crippen molar-refractivity contribution in [1.82, 2.24) is 4.57 Å². The number of nitrogens with zero attached hydrogens (tertiary/aromatic N) is 3. The Bertz CT molecular complexity index is 997. The fraction of sp³-hybridized carbons (Fsp3) is 0.0526. The maximum atomic E-state index is 8.99. The number of hydrogen-bond acceptors (Lipinski definition) is 2. The van der Waals surface area contributed by atoms with Crippen molar-refractivity contribution in [2.75, 3.05) is 0 Å². The number of para-hydroxylation sites is 1. The minimum atomic E-state index is 0.0636. The van der Waals surface area contributed by atoms with E-state index in [1.54, 1.807) is 18.2 Å². The zero-order valence-electron chi connectivity index (χ0n) is 12.5. The molecule has 0 saturated carbocycles. The van der Waals surface area contributed by atoms with Crippen molar-refractivity contribution in [3.63, 3.8) is 0 Å². The van der Waals surface area contributed by atoms with Crippen molar-refractivity contribution < 1.29 is 0 Å². The molecule has 0 saturated heterocycles. The van der Waals surface area contributed by atoms with Crippen molar-refractivity contribution in [3.8, 4) is 12.1 Å². The average Bonchev–Trinajstić information content (AvgIpc) is 2.94. The Morgan fingerprint density at radius 1 is 1.00 bits per heavy atom. The largest absolute Gasteiger partial charge is 0.342 e. The van der Waals surface area contributed by atoms with Crippen molar-refractivity contribution in [1.29, 1.82) is 10.5 Å². The highest BCUT2D eigenvalue weighted by Crippen LogP contribution is 2.29. The number of nitriles is 2. The van der Waals surface area contributed by atoms with E-state index in [9.17, 15) is 0 Å². The van der Waals surface area contributed by atoms with Crippen LogP contribution in [0.5, 0.6) is 0 Å². The standard InChI is InChI=1S/C19H11Cl2N3/c20-17-5-3-6-18(21)16(17)12-24-11-14(8-13(9-22)10-23)15-4-1-2-7-19(15)24/h1-8,11H,12H2. The number of halogens is 2. The van der Waals surface area contributed by atoms with Crippen LogP contribution in [-0.2, 0) is 6.54 Å². The number of rotatable bonds is 3. The van der Waals surface area contributed by atoms with Crippen LogP contribution in [-0.4, -0.2) is 4.57 Å². The molecule has 0 amide bonds. The summed E-state index contributed by atoms with van der Waals surface area (Å²) in [5, 5.41) is 20.2. The first-order chi connectivity index (χ1) is 11.6. The van der Waals surface area contributed by atoms with E-state index in [1.165, 1.54) is 0 Å². The highest BCUT2D eigenvalue weighted by molar-refractivity contribution is 6.36. The fourth-order valence-corrected chi connectivity index (χ4v) is 3.14. The highest BCUT2D eigenvalue weighted by atomic mass is 35.5. The summed E-state index contributed by atoms with van der Waals surface area (Å²) < 4.78 is 2.01. The number of hydrogen-bond donors (Lipinski definition) is 0. The molecule has 0 radical (unpaired) electrons. The normalized spacial score (nSPS) is 10.2. The molecule has 1 aromatic heterocycles. The Balaban J connectivity index is 2.15. The van der Waals surface area contributed by atoms with E-state index in [4.69, 9.17) is 33.7 Å². The van der Waals surface area contributed by atoms with Crippen LogP contribution in [0.3, 0.4) is 0 Å². The van der Waals surface area contributed by atoms with Crippen molar-refractivity contribution in [3.05, 3.63) is 75.4 Å². The van der Waals surface area contributed by atoms with Gasteiger partial charge in [-0.05, 0) is 24.3 Å². The fourth-order valence-electron chi connectivity index (χ4n) is 2.62. The Morgan fingerprint density at radius 2 is 1.67 bits per heavy atom. The van der Waals surface area contributed by atoms with Crippen LogP contribution >= 0.6 is 23.2 Å². The van der Waals surface area contributed by atoms with Gasteiger partial charge in [0.15, 0.2) is 0 Å². The maximum Gasteiger partial charge on any atom is 0.130 e. The molecule has 3 rings (SSSR count). The number of aromatic nitrogens is 1. The second kappa shape index (κ2) is 6.81. The highest BCUT2D eigenvalue weighted by Gasteiger charge is 2.11.